The van der Waals surface area contributed by atoms with E-state index in [1.807, 2.05) is 12.3 Å². The molecule has 0 aromatic carbocycles. The summed E-state index contributed by atoms with van der Waals surface area (Å²) in [5, 5.41) is 9.42. The molecule has 1 heterocycles. The zero-order valence-corrected chi connectivity index (χ0v) is 8.12. The second kappa shape index (κ2) is 2.55. The van der Waals surface area contributed by atoms with Gasteiger partial charge in [0, 0.05) is 17.8 Å². The highest BCUT2D eigenvalue weighted by atomic mass is 16.3. The summed E-state index contributed by atoms with van der Waals surface area (Å²) in [6.07, 6.45) is 4.69. The first-order chi connectivity index (χ1) is 6.12. The molecule has 0 amide bonds. The molecule has 1 N–H and O–H groups in total. The van der Waals surface area contributed by atoms with Crippen molar-refractivity contribution in [3.05, 3.63) is 30.1 Å². The quantitative estimate of drug-likeness (QED) is 0.746. The van der Waals surface area contributed by atoms with Gasteiger partial charge in [0.25, 0.3) is 0 Å². The van der Waals surface area contributed by atoms with Crippen molar-refractivity contribution in [2.45, 2.75) is 25.7 Å². The Morgan fingerprint density at radius 2 is 2.23 bits per heavy atom. The Labute approximate surface area is 78.6 Å². The molecule has 13 heavy (non-hydrogen) atoms. The van der Waals surface area contributed by atoms with Crippen LogP contribution in [0.15, 0.2) is 24.5 Å². The van der Waals surface area contributed by atoms with E-state index < -0.39 is 0 Å². The van der Waals surface area contributed by atoms with E-state index in [-0.39, 0.29) is 17.4 Å². The number of nitrogens with zero attached hydrogens (tertiary/aromatic N) is 1. The first-order valence-electron chi connectivity index (χ1n) is 4.64. The molecule has 2 heteroatoms. The fourth-order valence-electron chi connectivity index (χ4n) is 2.21. The van der Waals surface area contributed by atoms with E-state index >= 15 is 0 Å². The van der Waals surface area contributed by atoms with Gasteiger partial charge in [0.15, 0.2) is 0 Å². The topological polar surface area (TPSA) is 33.1 Å². The summed E-state index contributed by atoms with van der Waals surface area (Å²) >= 11 is 0. The van der Waals surface area contributed by atoms with Gasteiger partial charge in [-0.05, 0) is 23.5 Å². The molecule has 0 saturated heterocycles. The van der Waals surface area contributed by atoms with Gasteiger partial charge in [0.1, 0.15) is 0 Å². The van der Waals surface area contributed by atoms with Crippen LogP contribution in [0.5, 0.6) is 0 Å². The van der Waals surface area contributed by atoms with Crippen molar-refractivity contribution in [1.29, 1.82) is 0 Å². The van der Waals surface area contributed by atoms with Gasteiger partial charge in [-0.1, -0.05) is 19.9 Å². The number of aliphatic hydroxyl groups is 1. The van der Waals surface area contributed by atoms with Crippen molar-refractivity contribution in [3.8, 4) is 0 Å². The SMILES string of the molecule is CC1(C)CC1(CO)c1cccnc1. The van der Waals surface area contributed by atoms with Gasteiger partial charge in [0.05, 0.1) is 6.61 Å². The van der Waals surface area contributed by atoms with E-state index in [0.717, 1.165) is 6.42 Å². The number of aromatic nitrogens is 1. The van der Waals surface area contributed by atoms with Crippen LogP contribution in [0, 0.1) is 5.41 Å². The van der Waals surface area contributed by atoms with Crippen molar-refractivity contribution in [1.82, 2.24) is 4.98 Å². The van der Waals surface area contributed by atoms with Crippen LogP contribution < -0.4 is 0 Å². The highest BCUT2D eigenvalue weighted by Crippen LogP contribution is 2.63. The molecule has 2 rings (SSSR count). The van der Waals surface area contributed by atoms with Crippen LogP contribution in [0.3, 0.4) is 0 Å². The first-order valence-corrected chi connectivity index (χ1v) is 4.64. The van der Waals surface area contributed by atoms with Gasteiger partial charge in [-0.2, -0.15) is 0 Å². The molecule has 2 nitrogen and oxygen atoms in total. The first kappa shape index (κ1) is 8.70. The summed E-state index contributed by atoms with van der Waals surface area (Å²) in [7, 11) is 0. The lowest BCUT2D eigenvalue weighted by atomic mass is 9.90. The average Bonchev–Trinajstić information content (AvgIpc) is 2.72. The molecule has 1 aliphatic carbocycles. The van der Waals surface area contributed by atoms with Crippen LogP contribution >= 0.6 is 0 Å². The lowest BCUT2D eigenvalue weighted by Crippen LogP contribution is -2.19. The summed E-state index contributed by atoms with van der Waals surface area (Å²) in [4.78, 5) is 4.09. The van der Waals surface area contributed by atoms with E-state index in [1.165, 1.54) is 5.56 Å². The largest absolute Gasteiger partial charge is 0.395 e. The summed E-state index contributed by atoms with van der Waals surface area (Å²) in [6.45, 7) is 4.61. The number of rotatable bonds is 2. The number of pyridine rings is 1. The standard InChI is InChI=1S/C11H15NO/c1-10(2)7-11(10,8-13)9-4-3-5-12-6-9/h3-6,13H,7-8H2,1-2H3. The molecule has 0 spiro atoms. The van der Waals surface area contributed by atoms with Crippen molar-refractivity contribution >= 4 is 0 Å². The van der Waals surface area contributed by atoms with E-state index in [2.05, 4.69) is 24.9 Å². The fourth-order valence-corrected chi connectivity index (χ4v) is 2.21. The molecule has 0 aliphatic heterocycles. The lowest BCUT2D eigenvalue weighted by molar-refractivity contribution is 0.231. The molecule has 1 saturated carbocycles. The van der Waals surface area contributed by atoms with E-state index in [9.17, 15) is 5.11 Å². The van der Waals surface area contributed by atoms with E-state index in [0.29, 0.717) is 0 Å². The Morgan fingerprint density at radius 1 is 1.54 bits per heavy atom. The van der Waals surface area contributed by atoms with Gasteiger partial charge in [-0.25, -0.2) is 0 Å². The minimum absolute atomic E-state index is 0.0265. The van der Waals surface area contributed by atoms with Crippen molar-refractivity contribution in [2.24, 2.45) is 5.41 Å². The lowest BCUT2D eigenvalue weighted by Gasteiger charge is -2.17. The molecule has 1 aromatic heterocycles. The molecular weight excluding hydrogens is 162 g/mol. The molecule has 1 aliphatic rings. The van der Waals surface area contributed by atoms with Crippen LogP contribution in [0.2, 0.25) is 0 Å². The maximum atomic E-state index is 9.42. The molecule has 0 radical (unpaired) electrons. The summed E-state index contributed by atoms with van der Waals surface area (Å²) < 4.78 is 0. The Morgan fingerprint density at radius 3 is 2.62 bits per heavy atom. The van der Waals surface area contributed by atoms with Crippen molar-refractivity contribution < 1.29 is 5.11 Å². The van der Waals surface area contributed by atoms with Crippen LogP contribution in [0.4, 0.5) is 0 Å². The third-order valence-electron chi connectivity index (χ3n) is 3.40. The van der Waals surface area contributed by atoms with Gasteiger partial charge < -0.3 is 5.11 Å². The predicted molar refractivity (Wildman–Crippen MR) is 51.4 cm³/mol. The Hall–Kier alpha value is -0.890. The normalized spacial score (nSPS) is 30.1. The Kier molecular flexibility index (Phi) is 1.70. The number of hydrogen-bond acceptors (Lipinski definition) is 2. The molecule has 0 bridgehead atoms. The predicted octanol–water partition coefficient (Wildman–Crippen LogP) is 1.74. The third-order valence-corrected chi connectivity index (χ3v) is 3.40. The summed E-state index contributed by atoms with van der Waals surface area (Å²) in [6, 6.07) is 3.99. The summed E-state index contributed by atoms with van der Waals surface area (Å²) in [5.74, 6) is 0. The van der Waals surface area contributed by atoms with Gasteiger partial charge in [-0.15, -0.1) is 0 Å². The average molecular weight is 177 g/mol. The van der Waals surface area contributed by atoms with Crippen molar-refractivity contribution in [3.63, 3.8) is 0 Å². The third kappa shape index (κ3) is 1.09. The minimum atomic E-state index is -0.0265. The molecule has 1 aromatic rings. The zero-order valence-electron chi connectivity index (χ0n) is 8.12. The second-order valence-electron chi connectivity index (χ2n) is 4.54. The Balaban J connectivity index is 2.37. The minimum Gasteiger partial charge on any atom is -0.395 e. The second-order valence-corrected chi connectivity index (χ2v) is 4.54. The van der Waals surface area contributed by atoms with Crippen LogP contribution in [0.25, 0.3) is 0 Å². The molecular formula is C11H15NO. The maximum absolute atomic E-state index is 9.42. The molecule has 70 valence electrons. The highest BCUT2D eigenvalue weighted by molar-refractivity contribution is 5.35. The Bertz CT molecular complexity index is 307. The van der Waals surface area contributed by atoms with Gasteiger partial charge in [0.2, 0.25) is 0 Å². The zero-order chi connectivity index (χ0) is 9.53. The van der Waals surface area contributed by atoms with Crippen LogP contribution in [0.1, 0.15) is 25.8 Å². The molecule has 1 fully saturated rings. The van der Waals surface area contributed by atoms with E-state index in [1.54, 1.807) is 6.20 Å². The van der Waals surface area contributed by atoms with Crippen molar-refractivity contribution in [2.75, 3.05) is 6.61 Å². The maximum Gasteiger partial charge on any atom is 0.0533 e. The molecule has 1 unspecified atom stereocenters. The van der Waals surface area contributed by atoms with Gasteiger partial charge >= 0.3 is 0 Å². The smallest absolute Gasteiger partial charge is 0.0533 e. The monoisotopic (exact) mass is 177 g/mol. The van der Waals surface area contributed by atoms with E-state index in [4.69, 9.17) is 0 Å². The fraction of sp³-hybridized carbons (Fsp3) is 0.545. The number of aliphatic hydroxyl groups excluding tert-OH is 1. The highest BCUT2D eigenvalue weighted by Gasteiger charge is 2.61. The van der Waals surface area contributed by atoms with Crippen LogP contribution in [-0.4, -0.2) is 16.7 Å². The summed E-state index contributed by atoms with van der Waals surface area (Å²) in [5.41, 5.74) is 1.37. The molecule has 1 atom stereocenters. The number of hydrogen-bond donors (Lipinski definition) is 1. The van der Waals surface area contributed by atoms with Gasteiger partial charge in [-0.3, -0.25) is 4.98 Å². The van der Waals surface area contributed by atoms with Crippen LogP contribution in [-0.2, 0) is 5.41 Å².